The first-order chi connectivity index (χ1) is 18.0. The van der Waals surface area contributed by atoms with Crippen molar-refractivity contribution in [3.8, 4) is 22.4 Å². The van der Waals surface area contributed by atoms with Crippen LogP contribution in [0.3, 0.4) is 0 Å². The van der Waals surface area contributed by atoms with Gasteiger partial charge in [-0.05, 0) is 77.6 Å². The molecule has 1 aromatic heterocycles. The zero-order valence-electron chi connectivity index (χ0n) is 21.6. The fourth-order valence-electron chi connectivity index (χ4n) is 4.96. The Hall–Kier alpha value is -4.56. The van der Waals surface area contributed by atoms with Crippen molar-refractivity contribution in [2.45, 2.75) is 20.8 Å². The molecule has 0 aliphatic rings. The minimum Gasteiger partial charge on any atom is -0.256 e. The smallest absolute Gasteiger partial charge is 0.0715 e. The van der Waals surface area contributed by atoms with E-state index in [1.807, 2.05) is 30.5 Å². The Kier molecular flexibility index (Phi) is 6.66. The summed E-state index contributed by atoms with van der Waals surface area (Å²) in [5.41, 5.74) is 11.6. The second-order valence-corrected chi connectivity index (χ2v) is 9.29. The van der Waals surface area contributed by atoms with E-state index in [0.717, 1.165) is 66.8 Å². The van der Waals surface area contributed by atoms with Crippen LogP contribution in [0.15, 0.2) is 109 Å². The third-order valence-corrected chi connectivity index (χ3v) is 6.95. The molecule has 0 atom stereocenters. The summed E-state index contributed by atoms with van der Waals surface area (Å²) in [5.74, 6) is 0. The van der Waals surface area contributed by atoms with Gasteiger partial charge in [-0.25, -0.2) is 0 Å². The predicted molar refractivity (Wildman–Crippen MR) is 161 cm³/mol. The molecule has 0 fully saturated rings. The second-order valence-electron chi connectivity index (χ2n) is 9.29. The molecular weight excluding hydrogens is 448 g/mol. The summed E-state index contributed by atoms with van der Waals surface area (Å²) < 4.78 is 0. The Morgan fingerprint density at radius 1 is 0.730 bits per heavy atom. The van der Waals surface area contributed by atoms with Crippen molar-refractivity contribution in [2.75, 3.05) is 0 Å². The van der Waals surface area contributed by atoms with Crippen LogP contribution >= 0.6 is 0 Å². The highest BCUT2D eigenvalue weighted by Crippen LogP contribution is 2.36. The van der Waals surface area contributed by atoms with Crippen LogP contribution < -0.4 is 0 Å². The number of nitrogens with zero attached hydrogens (tertiary/aromatic N) is 2. The number of benzene rings is 4. The molecule has 1 heterocycles. The zero-order valence-corrected chi connectivity index (χ0v) is 21.6. The minimum absolute atomic E-state index is 0.885. The molecule has 180 valence electrons. The SMILES string of the molecule is C=Cc1c(-c2cc(C(C)=Nc3ccccc3C)c(-c3ccccc3C)cn2)cc2ccccc2c1C=C. The maximum Gasteiger partial charge on any atom is 0.0715 e. The van der Waals surface area contributed by atoms with Gasteiger partial charge in [-0.2, -0.15) is 0 Å². The molecule has 2 nitrogen and oxygen atoms in total. The average Bonchev–Trinajstić information content (AvgIpc) is 2.93. The van der Waals surface area contributed by atoms with Crippen LogP contribution in [0.2, 0.25) is 0 Å². The lowest BCUT2D eigenvalue weighted by Gasteiger charge is -2.17. The van der Waals surface area contributed by atoms with Crippen LogP contribution in [0.1, 0.15) is 34.7 Å². The van der Waals surface area contributed by atoms with E-state index < -0.39 is 0 Å². The van der Waals surface area contributed by atoms with Gasteiger partial charge in [0.15, 0.2) is 0 Å². The van der Waals surface area contributed by atoms with Crippen molar-refractivity contribution in [2.24, 2.45) is 4.99 Å². The minimum atomic E-state index is 0.885. The lowest BCUT2D eigenvalue weighted by Crippen LogP contribution is -2.02. The molecule has 0 saturated heterocycles. The van der Waals surface area contributed by atoms with Gasteiger partial charge in [-0.15, -0.1) is 0 Å². The van der Waals surface area contributed by atoms with Crippen LogP contribution in [0.4, 0.5) is 5.69 Å². The first-order valence-corrected chi connectivity index (χ1v) is 12.5. The molecule has 0 unspecified atom stereocenters. The molecule has 37 heavy (non-hydrogen) atoms. The highest BCUT2D eigenvalue weighted by atomic mass is 14.8. The van der Waals surface area contributed by atoms with E-state index in [0.29, 0.717) is 0 Å². The first kappa shape index (κ1) is 24.1. The number of aromatic nitrogens is 1. The number of hydrogen-bond acceptors (Lipinski definition) is 2. The van der Waals surface area contributed by atoms with Crippen LogP contribution in [0, 0.1) is 13.8 Å². The largest absolute Gasteiger partial charge is 0.256 e. The monoisotopic (exact) mass is 478 g/mol. The maximum absolute atomic E-state index is 5.06. The lowest BCUT2D eigenvalue weighted by atomic mass is 9.90. The third-order valence-electron chi connectivity index (χ3n) is 6.95. The summed E-state index contributed by atoms with van der Waals surface area (Å²) in [5, 5.41) is 2.31. The van der Waals surface area contributed by atoms with E-state index in [1.54, 1.807) is 0 Å². The van der Waals surface area contributed by atoms with Crippen molar-refractivity contribution in [1.29, 1.82) is 0 Å². The van der Waals surface area contributed by atoms with E-state index in [-0.39, 0.29) is 0 Å². The van der Waals surface area contributed by atoms with E-state index >= 15 is 0 Å². The number of hydrogen-bond donors (Lipinski definition) is 0. The van der Waals surface area contributed by atoms with E-state index in [1.165, 1.54) is 5.56 Å². The molecule has 0 amide bonds. The van der Waals surface area contributed by atoms with Crippen LogP contribution in [0.25, 0.3) is 45.3 Å². The normalized spacial score (nSPS) is 11.5. The van der Waals surface area contributed by atoms with Crippen molar-refractivity contribution in [1.82, 2.24) is 4.98 Å². The molecule has 5 rings (SSSR count). The van der Waals surface area contributed by atoms with Crippen molar-refractivity contribution in [3.63, 3.8) is 0 Å². The average molecular weight is 479 g/mol. The predicted octanol–water partition coefficient (Wildman–Crippen LogP) is 9.61. The molecule has 0 aliphatic heterocycles. The molecule has 0 saturated carbocycles. The standard InChI is InChI=1S/C35H30N2/c1-6-27-28(7-2)32(20-26-16-10-12-18-30(26)27)35-21-31(25(5)37-34-19-13-9-15-24(34)4)33(22-36-35)29-17-11-8-14-23(29)3/h6-22H,1-2H2,3-5H3. The van der Waals surface area contributed by atoms with Gasteiger partial charge < -0.3 is 0 Å². The van der Waals surface area contributed by atoms with E-state index in [4.69, 9.17) is 9.98 Å². The molecule has 4 aromatic carbocycles. The first-order valence-electron chi connectivity index (χ1n) is 12.5. The third kappa shape index (κ3) is 4.54. The molecular formula is C35H30N2. The summed E-state index contributed by atoms with van der Waals surface area (Å²) in [6, 6.07) is 29.4. The quantitative estimate of drug-likeness (QED) is 0.223. The molecule has 2 heteroatoms. The summed E-state index contributed by atoms with van der Waals surface area (Å²) in [6.45, 7) is 14.5. The highest BCUT2D eigenvalue weighted by Gasteiger charge is 2.17. The Balaban J connectivity index is 1.79. The highest BCUT2D eigenvalue weighted by molar-refractivity contribution is 6.07. The van der Waals surface area contributed by atoms with E-state index in [9.17, 15) is 0 Å². The number of pyridine rings is 1. The van der Waals surface area contributed by atoms with Gasteiger partial charge in [0.25, 0.3) is 0 Å². The topological polar surface area (TPSA) is 25.2 Å². The van der Waals surface area contributed by atoms with E-state index in [2.05, 4.69) is 107 Å². The Morgan fingerprint density at radius 3 is 2.14 bits per heavy atom. The molecule has 0 N–H and O–H groups in total. The fourth-order valence-corrected chi connectivity index (χ4v) is 4.96. The fraction of sp³-hybridized carbons (Fsp3) is 0.0857. The number of rotatable bonds is 6. The summed E-state index contributed by atoms with van der Waals surface area (Å²) >= 11 is 0. The van der Waals surface area contributed by atoms with Crippen LogP contribution in [0.5, 0.6) is 0 Å². The molecule has 0 aliphatic carbocycles. The second kappa shape index (κ2) is 10.2. The maximum atomic E-state index is 5.06. The number of aryl methyl sites for hydroxylation is 2. The van der Waals surface area contributed by atoms with Gasteiger partial charge in [-0.1, -0.05) is 92.0 Å². The molecule has 0 radical (unpaired) electrons. The van der Waals surface area contributed by atoms with Crippen LogP contribution in [-0.4, -0.2) is 10.7 Å². The van der Waals surface area contributed by atoms with Gasteiger partial charge in [0.05, 0.1) is 11.4 Å². The molecule has 0 spiro atoms. The van der Waals surface area contributed by atoms with Crippen molar-refractivity contribution >= 4 is 34.3 Å². The Morgan fingerprint density at radius 2 is 1.41 bits per heavy atom. The van der Waals surface area contributed by atoms with Gasteiger partial charge in [0, 0.05) is 28.6 Å². The van der Waals surface area contributed by atoms with Gasteiger partial charge >= 0.3 is 0 Å². The Labute approximate surface area is 219 Å². The van der Waals surface area contributed by atoms with Crippen molar-refractivity contribution in [3.05, 3.63) is 132 Å². The summed E-state index contributed by atoms with van der Waals surface area (Å²) in [7, 11) is 0. The Bertz CT molecular complexity index is 1690. The summed E-state index contributed by atoms with van der Waals surface area (Å²) in [4.78, 5) is 10.0. The van der Waals surface area contributed by atoms with Crippen LogP contribution in [-0.2, 0) is 0 Å². The number of aliphatic imine (C=N–C) groups is 1. The molecule has 5 aromatic rings. The number of fused-ring (bicyclic) bond motifs is 1. The van der Waals surface area contributed by atoms with Crippen molar-refractivity contribution < 1.29 is 0 Å². The van der Waals surface area contributed by atoms with Gasteiger partial charge in [0.1, 0.15) is 0 Å². The van der Waals surface area contributed by atoms with Gasteiger partial charge in [0.2, 0.25) is 0 Å². The summed E-state index contributed by atoms with van der Waals surface area (Å²) in [6.07, 6.45) is 5.81. The molecule has 0 bridgehead atoms. The van der Waals surface area contributed by atoms with Gasteiger partial charge in [-0.3, -0.25) is 9.98 Å². The number of para-hydroxylation sites is 1. The zero-order chi connectivity index (χ0) is 25.9. The lowest BCUT2D eigenvalue weighted by molar-refractivity contribution is 1.30.